The van der Waals surface area contributed by atoms with Crippen LogP contribution in [0.2, 0.25) is 0 Å². The monoisotopic (exact) mass is 1550 g/mol. The van der Waals surface area contributed by atoms with Crippen LogP contribution in [0.4, 0.5) is 52.7 Å². The number of ether oxygens (including phenoxy) is 2. The van der Waals surface area contributed by atoms with Crippen LogP contribution in [0.5, 0.6) is 0 Å². The number of hydrogen-bond donors (Lipinski definition) is 2. The van der Waals surface area contributed by atoms with Gasteiger partial charge in [-0.1, -0.05) is 27.7 Å². The van der Waals surface area contributed by atoms with E-state index in [2.05, 4.69) is 0 Å². The van der Waals surface area contributed by atoms with Gasteiger partial charge in [0, 0.05) is 78.3 Å². The van der Waals surface area contributed by atoms with Gasteiger partial charge in [-0.3, -0.25) is 24.0 Å². The molecule has 4 fully saturated rings. The number of nitrogens with zero attached hydrogens (tertiary/aromatic N) is 4. The predicted octanol–water partition coefficient (Wildman–Crippen LogP) is 17.2. The van der Waals surface area contributed by atoms with E-state index in [-0.39, 0.29) is 129 Å². The lowest BCUT2D eigenvalue weighted by atomic mass is 9.82. The van der Waals surface area contributed by atoms with Crippen molar-refractivity contribution in [2.45, 2.75) is 201 Å². The van der Waals surface area contributed by atoms with Gasteiger partial charge < -0.3 is 39.2 Å². The van der Waals surface area contributed by atoms with Crippen LogP contribution >= 0.6 is 27.0 Å². The lowest BCUT2D eigenvalue weighted by Crippen LogP contribution is -2.39. The van der Waals surface area contributed by atoms with E-state index in [9.17, 15) is 69.0 Å². The van der Waals surface area contributed by atoms with Crippen molar-refractivity contribution in [3.8, 4) is 22.3 Å². The van der Waals surface area contributed by atoms with Crippen LogP contribution in [-0.2, 0) is 53.8 Å². The van der Waals surface area contributed by atoms with Crippen LogP contribution < -0.4 is 16.9 Å². The number of pyridine rings is 2. The Labute approximate surface area is 629 Å². The van der Waals surface area contributed by atoms with Gasteiger partial charge in [-0.05, 0) is 248 Å². The molecule has 2 saturated carbocycles. The third kappa shape index (κ3) is 22.4. The van der Waals surface area contributed by atoms with Gasteiger partial charge in [-0.2, -0.15) is 53.3 Å². The Bertz CT molecular complexity index is 4250. The molecule has 2 saturated heterocycles. The molecule has 2 unspecified atom stereocenters. The Kier molecular flexibility index (Phi) is 31.3. The average Bonchev–Trinajstić information content (AvgIpc) is 1.75. The van der Waals surface area contributed by atoms with Gasteiger partial charge in [-0.25, -0.2) is 31.1 Å². The minimum atomic E-state index is -4.80. The summed E-state index contributed by atoms with van der Waals surface area (Å²) in [6, 6.07) is 5.50. The molecule has 2 aliphatic carbocycles. The van der Waals surface area contributed by atoms with E-state index in [1.54, 1.807) is 69.2 Å². The van der Waals surface area contributed by atoms with E-state index in [0.29, 0.717) is 77.0 Å². The van der Waals surface area contributed by atoms with Gasteiger partial charge in [0.25, 0.3) is 11.1 Å². The second kappa shape index (κ2) is 37.8. The Morgan fingerprint density at radius 3 is 1.24 bits per heavy atom. The topological polar surface area (TPSA) is 183 Å². The zero-order chi connectivity index (χ0) is 77.4. The summed E-state index contributed by atoms with van der Waals surface area (Å²) in [6.07, 6.45) is -3.49. The van der Waals surface area contributed by atoms with Gasteiger partial charge in [0.15, 0.2) is 5.78 Å². The standard InChI is InChI=1S/C40H46F6N2O4.C22H24F3NO2.C17H23F3N2O3.2H2S/c1-6-52-35(51)18-27(37-38(42)29(25-8-9-25)19-30(39(37)43)36-23(4)15-28(41)16-24(36)5)17-33(49)32(14-22(2)3)48-21-26(10-13-47-11-7-12-47)31(20-34(48)50)40(44,45)46;1-4-28-18(27)10-17(26)20-21(24)15(13-5-6-13)9-16(22(20)25)19-11(2)7-14(23)8-12(19)3;1-11(2)8-14(16(24)25)22-10-12(4-7-21-5-3-6-21)13(9-15(22)23)17(18,19)20;;/h15-16,19-22,25,27,32H,6-14,17-18H2,1-5H3;7-9,13,17H,4-6,10,26H2,1-3H3;9-11,14H,3-8H2,1-2H3,(H,24,25);2*1H2/t27-,32?;17-;;;/m00.../s1. The first-order valence-corrected chi connectivity index (χ1v) is 35.8. The summed E-state index contributed by atoms with van der Waals surface area (Å²) >= 11 is 0. The minimum absolute atomic E-state index is 0. The quantitative estimate of drug-likeness (QED) is 0.0351. The zero-order valence-electron chi connectivity index (χ0n) is 61.9. The number of alkyl halides is 6. The molecule has 0 amide bonds. The molecule has 588 valence electrons. The van der Waals surface area contributed by atoms with Crippen molar-refractivity contribution in [3.05, 3.63) is 183 Å². The average molecular weight is 1550 g/mol. The fraction of sp³-hybridized carbons (Fsp3) is 0.519. The Balaban J connectivity index is 0.000000274. The van der Waals surface area contributed by atoms with Crippen LogP contribution in [0.25, 0.3) is 22.3 Å². The van der Waals surface area contributed by atoms with Crippen LogP contribution in [0.1, 0.15) is 215 Å². The lowest BCUT2D eigenvalue weighted by Gasteiger charge is -2.31. The molecule has 2 aliphatic heterocycles. The number of ketones is 1. The number of esters is 2. The van der Waals surface area contributed by atoms with Crippen LogP contribution in [-0.4, -0.2) is 100 Å². The summed E-state index contributed by atoms with van der Waals surface area (Å²) in [5, 5.41) is 9.40. The highest BCUT2D eigenvalue weighted by Crippen LogP contribution is 2.49. The SMILES string of the molecule is CC(C)CC(C(=O)O)n1cc(CCN2CCC2)c(C(F)(F)F)cc1=O.CCOC(=O)C[C@H](CC(=O)C(CC(C)C)n1cc(CCN2CCC2)c(C(F)(F)F)cc1=O)c1c(F)c(-c2c(C)cc(F)cc2C)cc(C2CC2)c1F.CCOC(=O)C[C@H](N)c1c(F)c(-c2c(C)cc(F)cc2C)cc(C2CC2)c1F.S.S. The Morgan fingerprint density at radius 1 is 0.533 bits per heavy atom. The smallest absolute Gasteiger partial charge is 0.416 e. The molecule has 4 aliphatic rings. The highest BCUT2D eigenvalue weighted by molar-refractivity contribution is 7.59. The summed E-state index contributed by atoms with van der Waals surface area (Å²) in [5.74, 6) is -9.42. The number of carboxylic acids is 1. The number of carbonyl (C=O) groups excluding carboxylic acids is 3. The number of nitrogens with two attached hydrogens (primary N) is 1. The highest BCUT2D eigenvalue weighted by atomic mass is 32.1. The van der Waals surface area contributed by atoms with Crippen LogP contribution in [0, 0.1) is 74.4 Å². The van der Waals surface area contributed by atoms with E-state index in [1.807, 2.05) is 9.80 Å². The molecule has 0 radical (unpaired) electrons. The number of carbonyl (C=O) groups is 4. The number of hydrogen-bond acceptors (Lipinski definition) is 11. The third-order valence-corrected chi connectivity index (χ3v) is 19.7. The van der Waals surface area contributed by atoms with Gasteiger partial charge in [0.1, 0.15) is 40.9 Å². The number of aryl methyl sites for hydroxylation is 4. The third-order valence-electron chi connectivity index (χ3n) is 19.7. The number of rotatable bonds is 28. The first-order valence-electron chi connectivity index (χ1n) is 35.8. The van der Waals surface area contributed by atoms with Crippen molar-refractivity contribution >= 4 is 50.7 Å². The van der Waals surface area contributed by atoms with Gasteiger partial charge in [0.05, 0.1) is 43.2 Å². The predicted molar refractivity (Wildman–Crippen MR) is 395 cm³/mol. The maximum Gasteiger partial charge on any atom is 0.416 e. The van der Waals surface area contributed by atoms with Crippen molar-refractivity contribution < 1.29 is 86.4 Å². The molecule has 6 aromatic rings. The van der Waals surface area contributed by atoms with E-state index in [4.69, 9.17) is 15.2 Å². The molecule has 0 spiro atoms. The molecule has 4 heterocycles. The number of halogens is 12. The number of aliphatic carboxylic acids is 1. The molecule has 14 nitrogen and oxygen atoms in total. The Hall–Kier alpha value is -7.40. The number of benzene rings is 4. The second-order valence-corrected chi connectivity index (χ2v) is 28.9. The summed E-state index contributed by atoms with van der Waals surface area (Å²) < 4.78 is 186. The Morgan fingerprint density at radius 2 is 0.897 bits per heavy atom. The number of Topliss-reactive ketones (excluding diaryl/α,β-unsaturated/α-hetero) is 1. The summed E-state index contributed by atoms with van der Waals surface area (Å²) in [6.45, 7) is 21.2. The maximum atomic E-state index is 16.9. The summed E-state index contributed by atoms with van der Waals surface area (Å²) in [5.41, 5.74) is 4.70. The summed E-state index contributed by atoms with van der Waals surface area (Å²) in [4.78, 5) is 80.3. The first kappa shape index (κ1) is 88.5. The first-order chi connectivity index (χ1) is 49.3. The fourth-order valence-electron chi connectivity index (χ4n) is 14.0. The van der Waals surface area contributed by atoms with Gasteiger partial charge in [-0.15, -0.1) is 0 Å². The number of aromatic nitrogens is 2. The number of carboxylic acid groups (broad SMARTS) is 1. The van der Waals surface area contributed by atoms with E-state index in [0.717, 1.165) is 73.4 Å². The van der Waals surface area contributed by atoms with Crippen molar-refractivity contribution in [2.75, 3.05) is 52.5 Å². The molecule has 10 rings (SSSR count). The van der Waals surface area contributed by atoms with Crippen LogP contribution in [0.3, 0.4) is 0 Å². The van der Waals surface area contributed by atoms with Crippen LogP contribution in [0.15, 0.2) is 70.5 Å². The minimum Gasteiger partial charge on any atom is -0.480 e. The molecule has 4 aromatic carbocycles. The van der Waals surface area contributed by atoms with Crippen molar-refractivity contribution in [2.24, 2.45) is 17.6 Å². The largest absolute Gasteiger partial charge is 0.480 e. The molecule has 3 N–H and O–H groups in total. The van der Waals surface area contributed by atoms with Gasteiger partial charge >= 0.3 is 30.3 Å². The van der Waals surface area contributed by atoms with Crippen molar-refractivity contribution in [1.29, 1.82) is 0 Å². The maximum absolute atomic E-state index is 16.9. The summed E-state index contributed by atoms with van der Waals surface area (Å²) in [7, 11) is 0. The molecule has 28 heteroatoms. The fourth-order valence-corrected chi connectivity index (χ4v) is 14.0. The van der Waals surface area contributed by atoms with E-state index in [1.165, 1.54) is 36.4 Å². The highest BCUT2D eigenvalue weighted by Gasteiger charge is 2.41. The zero-order valence-corrected chi connectivity index (χ0v) is 63.9. The molecule has 4 atom stereocenters. The molecule has 2 aromatic heterocycles. The van der Waals surface area contributed by atoms with Crippen molar-refractivity contribution in [1.82, 2.24) is 18.9 Å². The molecular formula is C79H97F12N5O9S2. The molecular weight excluding hydrogens is 1460 g/mol. The second-order valence-electron chi connectivity index (χ2n) is 28.9. The van der Waals surface area contributed by atoms with E-state index >= 15 is 17.6 Å². The normalized spacial score (nSPS) is 15.6. The van der Waals surface area contributed by atoms with Gasteiger partial charge in [0.2, 0.25) is 0 Å². The molecule has 0 bridgehead atoms. The van der Waals surface area contributed by atoms with Crippen molar-refractivity contribution in [3.63, 3.8) is 0 Å². The number of likely N-dealkylation sites (tertiary alicyclic amines) is 2. The lowest BCUT2D eigenvalue weighted by molar-refractivity contribution is -0.144. The molecule has 107 heavy (non-hydrogen) atoms. The van der Waals surface area contributed by atoms with E-state index < -0.39 is 136 Å².